The summed E-state index contributed by atoms with van der Waals surface area (Å²) in [6, 6.07) is 4.61. The van der Waals surface area contributed by atoms with Crippen molar-refractivity contribution in [1.82, 2.24) is 10.6 Å². The standard InChI is InChI=1S/C16H10F3N3O3/c17-11-3-4-12(18)13(19)10(11)6-20-16(25)21-7-1-2-8-9(5-7)15(24)22-14(8)23/h1-5H,6H2,(H2,20,21,25)(H,22,23,24). The topological polar surface area (TPSA) is 87.3 Å². The molecule has 25 heavy (non-hydrogen) atoms. The molecule has 0 saturated heterocycles. The number of anilines is 1. The fourth-order valence-electron chi connectivity index (χ4n) is 2.32. The van der Waals surface area contributed by atoms with Crippen LogP contribution in [0.1, 0.15) is 26.3 Å². The number of nitrogens with one attached hydrogen (secondary N) is 3. The molecule has 128 valence electrons. The monoisotopic (exact) mass is 349 g/mol. The molecule has 3 N–H and O–H groups in total. The Morgan fingerprint density at radius 2 is 1.64 bits per heavy atom. The number of urea groups is 1. The van der Waals surface area contributed by atoms with E-state index in [-0.39, 0.29) is 16.8 Å². The molecule has 0 atom stereocenters. The molecular formula is C16H10F3N3O3. The Balaban J connectivity index is 1.68. The number of halogens is 3. The molecule has 0 aliphatic carbocycles. The Hall–Kier alpha value is -3.36. The number of imide groups is 1. The SMILES string of the molecule is O=C(NCc1c(F)ccc(F)c1F)Nc1ccc2c(c1)C(=O)NC2=O. The fraction of sp³-hybridized carbons (Fsp3) is 0.0625. The van der Waals surface area contributed by atoms with Crippen molar-refractivity contribution >= 4 is 23.5 Å². The molecule has 2 aromatic rings. The molecule has 9 heteroatoms. The van der Waals surface area contributed by atoms with E-state index in [2.05, 4.69) is 16.0 Å². The molecule has 0 fully saturated rings. The van der Waals surface area contributed by atoms with Gasteiger partial charge in [-0.05, 0) is 30.3 Å². The van der Waals surface area contributed by atoms with Gasteiger partial charge in [0.1, 0.15) is 5.82 Å². The van der Waals surface area contributed by atoms with Crippen molar-refractivity contribution in [2.75, 3.05) is 5.32 Å². The molecule has 3 rings (SSSR count). The zero-order chi connectivity index (χ0) is 18.1. The lowest BCUT2D eigenvalue weighted by molar-refractivity contribution is 0.0879. The molecule has 0 spiro atoms. The number of hydrogen-bond donors (Lipinski definition) is 3. The summed E-state index contributed by atoms with van der Waals surface area (Å²) in [5, 5.41) is 6.63. The van der Waals surface area contributed by atoms with Gasteiger partial charge < -0.3 is 10.6 Å². The maximum atomic E-state index is 13.5. The van der Waals surface area contributed by atoms with Crippen molar-refractivity contribution in [3.63, 3.8) is 0 Å². The molecule has 0 unspecified atom stereocenters. The molecule has 2 aromatic carbocycles. The van der Waals surface area contributed by atoms with E-state index in [1.54, 1.807) is 0 Å². The van der Waals surface area contributed by atoms with Crippen LogP contribution >= 0.6 is 0 Å². The van der Waals surface area contributed by atoms with Gasteiger partial charge in [-0.25, -0.2) is 18.0 Å². The number of rotatable bonds is 3. The van der Waals surface area contributed by atoms with E-state index in [0.29, 0.717) is 6.07 Å². The van der Waals surface area contributed by atoms with Crippen molar-refractivity contribution in [2.24, 2.45) is 0 Å². The van der Waals surface area contributed by atoms with Gasteiger partial charge in [-0.2, -0.15) is 0 Å². The second-order valence-corrected chi connectivity index (χ2v) is 5.17. The highest BCUT2D eigenvalue weighted by atomic mass is 19.2. The number of carbonyl (C=O) groups excluding carboxylic acids is 3. The highest BCUT2D eigenvalue weighted by molar-refractivity contribution is 6.22. The van der Waals surface area contributed by atoms with Gasteiger partial charge in [0.15, 0.2) is 11.6 Å². The van der Waals surface area contributed by atoms with Gasteiger partial charge in [0.2, 0.25) is 0 Å². The van der Waals surface area contributed by atoms with Crippen molar-refractivity contribution in [1.29, 1.82) is 0 Å². The van der Waals surface area contributed by atoms with E-state index in [4.69, 9.17) is 0 Å². The molecule has 4 amide bonds. The summed E-state index contributed by atoms with van der Waals surface area (Å²) >= 11 is 0. The van der Waals surface area contributed by atoms with Gasteiger partial charge in [-0.15, -0.1) is 0 Å². The predicted octanol–water partition coefficient (Wildman–Crippen LogP) is 2.31. The summed E-state index contributed by atoms with van der Waals surface area (Å²) in [5.41, 5.74) is -0.139. The Labute approximate surface area is 139 Å². The molecule has 0 saturated carbocycles. The minimum Gasteiger partial charge on any atom is -0.334 e. The van der Waals surface area contributed by atoms with Crippen LogP contribution in [0.4, 0.5) is 23.7 Å². The highest BCUT2D eigenvalue weighted by Crippen LogP contribution is 2.20. The lowest BCUT2D eigenvalue weighted by Gasteiger charge is -2.10. The van der Waals surface area contributed by atoms with E-state index in [9.17, 15) is 27.6 Å². The molecule has 1 aliphatic heterocycles. The molecule has 1 aliphatic rings. The van der Waals surface area contributed by atoms with Crippen LogP contribution in [0, 0.1) is 17.5 Å². The van der Waals surface area contributed by atoms with Crippen LogP contribution in [0.2, 0.25) is 0 Å². The summed E-state index contributed by atoms with van der Waals surface area (Å²) in [5.74, 6) is -4.73. The predicted molar refractivity (Wildman–Crippen MR) is 80.4 cm³/mol. The second kappa shape index (κ2) is 6.27. The van der Waals surface area contributed by atoms with Gasteiger partial charge in [0.25, 0.3) is 11.8 Å². The highest BCUT2D eigenvalue weighted by Gasteiger charge is 2.26. The third kappa shape index (κ3) is 3.16. The third-order valence-corrected chi connectivity index (χ3v) is 3.56. The third-order valence-electron chi connectivity index (χ3n) is 3.56. The Morgan fingerprint density at radius 1 is 0.960 bits per heavy atom. The maximum Gasteiger partial charge on any atom is 0.319 e. The van der Waals surface area contributed by atoms with Gasteiger partial charge >= 0.3 is 6.03 Å². The van der Waals surface area contributed by atoms with E-state index in [1.165, 1.54) is 18.2 Å². The normalized spacial score (nSPS) is 12.6. The molecule has 0 radical (unpaired) electrons. The molecule has 0 aromatic heterocycles. The Kier molecular flexibility index (Phi) is 4.14. The fourth-order valence-corrected chi connectivity index (χ4v) is 2.32. The van der Waals surface area contributed by atoms with Crippen LogP contribution < -0.4 is 16.0 Å². The van der Waals surface area contributed by atoms with E-state index < -0.39 is 47.4 Å². The number of benzene rings is 2. The summed E-state index contributed by atoms with van der Waals surface area (Å²) in [6.45, 7) is -0.578. The largest absolute Gasteiger partial charge is 0.334 e. The number of hydrogen-bond acceptors (Lipinski definition) is 3. The maximum absolute atomic E-state index is 13.5. The summed E-state index contributed by atoms with van der Waals surface area (Å²) in [6.07, 6.45) is 0. The van der Waals surface area contributed by atoms with Crippen LogP contribution in [-0.4, -0.2) is 17.8 Å². The lowest BCUT2D eigenvalue weighted by Crippen LogP contribution is -2.29. The van der Waals surface area contributed by atoms with Crippen molar-refractivity contribution in [3.8, 4) is 0 Å². The minimum absolute atomic E-state index is 0.102. The second-order valence-electron chi connectivity index (χ2n) is 5.17. The molecule has 6 nitrogen and oxygen atoms in total. The van der Waals surface area contributed by atoms with Crippen molar-refractivity contribution in [2.45, 2.75) is 6.54 Å². The van der Waals surface area contributed by atoms with Crippen molar-refractivity contribution < 1.29 is 27.6 Å². The van der Waals surface area contributed by atoms with Crippen LogP contribution in [0.3, 0.4) is 0 Å². The number of carbonyl (C=O) groups is 3. The van der Waals surface area contributed by atoms with E-state index in [1.807, 2.05) is 0 Å². The first-order valence-corrected chi connectivity index (χ1v) is 7.04. The van der Waals surface area contributed by atoms with E-state index in [0.717, 1.165) is 6.07 Å². The first kappa shape index (κ1) is 16.5. The van der Waals surface area contributed by atoms with Crippen LogP contribution in [0.25, 0.3) is 0 Å². The number of fused-ring (bicyclic) bond motifs is 1. The average molecular weight is 349 g/mol. The molecule has 1 heterocycles. The molecular weight excluding hydrogens is 339 g/mol. The zero-order valence-electron chi connectivity index (χ0n) is 12.5. The lowest BCUT2D eigenvalue weighted by atomic mass is 10.1. The van der Waals surface area contributed by atoms with Gasteiger partial charge in [-0.1, -0.05) is 0 Å². The zero-order valence-corrected chi connectivity index (χ0v) is 12.5. The minimum atomic E-state index is -1.38. The Morgan fingerprint density at radius 3 is 2.40 bits per heavy atom. The molecule has 0 bridgehead atoms. The summed E-state index contributed by atoms with van der Waals surface area (Å²) < 4.78 is 40.1. The van der Waals surface area contributed by atoms with Crippen LogP contribution in [0.5, 0.6) is 0 Å². The summed E-state index contributed by atoms with van der Waals surface area (Å²) in [4.78, 5) is 34.8. The quantitative estimate of drug-likeness (QED) is 0.587. The van der Waals surface area contributed by atoms with Gasteiger partial charge in [0.05, 0.1) is 17.7 Å². The van der Waals surface area contributed by atoms with E-state index >= 15 is 0 Å². The first-order valence-electron chi connectivity index (χ1n) is 7.04. The first-order chi connectivity index (χ1) is 11.9. The van der Waals surface area contributed by atoms with Crippen LogP contribution in [-0.2, 0) is 6.54 Å². The smallest absolute Gasteiger partial charge is 0.319 e. The van der Waals surface area contributed by atoms with Gasteiger partial charge in [0, 0.05) is 11.3 Å². The Bertz CT molecular complexity index is 915. The number of amides is 4. The van der Waals surface area contributed by atoms with Gasteiger partial charge in [-0.3, -0.25) is 14.9 Å². The van der Waals surface area contributed by atoms with Crippen LogP contribution in [0.15, 0.2) is 30.3 Å². The summed E-state index contributed by atoms with van der Waals surface area (Å²) in [7, 11) is 0. The average Bonchev–Trinajstić information content (AvgIpc) is 2.85. The van der Waals surface area contributed by atoms with Crippen molar-refractivity contribution in [3.05, 3.63) is 64.5 Å².